The molecule has 21 heavy (non-hydrogen) atoms. The van der Waals surface area contributed by atoms with Gasteiger partial charge >= 0.3 is 0 Å². The zero-order valence-electron chi connectivity index (χ0n) is 12.1. The maximum Gasteiger partial charge on any atom is 0.119 e. The van der Waals surface area contributed by atoms with Gasteiger partial charge in [0.25, 0.3) is 0 Å². The second-order valence-electron chi connectivity index (χ2n) is 5.04. The number of aliphatic hydroxyl groups is 1. The Morgan fingerprint density at radius 2 is 1.67 bits per heavy atom. The minimum absolute atomic E-state index is 0.327. The Kier molecular flexibility index (Phi) is 6.05. The molecular formula is C17H20ClNO2. The highest BCUT2D eigenvalue weighted by Gasteiger charge is 1.99. The van der Waals surface area contributed by atoms with Gasteiger partial charge in [-0.05, 0) is 42.3 Å². The Morgan fingerprint density at radius 1 is 1.05 bits per heavy atom. The zero-order valence-corrected chi connectivity index (χ0v) is 12.8. The molecule has 0 aliphatic rings. The summed E-state index contributed by atoms with van der Waals surface area (Å²) in [5.74, 6) is 0.837. The average molecular weight is 306 g/mol. The summed E-state index contributed by atoms with van der Waals surface area (Å²) >= 11 is 5.84. The summed E-state index contributed by atoms with van der Waals surface area (Å²) in [6.45, 7) is 3.62. The standard InChI is InChI=1S/C17H20ClNO2/c1-13(20)10-19-11-14-4-8-17(9-5-14)21-12-15-2-6-16(18)7-3-15/h2-9,13,19-20H,10-12H2,1H3/t13-/m1/s1. The van der Waals surface area contributed by atoms with Crippen LogP contribution in [0.1, 0.15) is 18.1 Å². The van der Waals surface area contributed by atoms with E-state index in [0.717, 1.165) is 28.4 Å². The third-order valence-corrected chi connectivity index (χ3v) is 3.26. The molecule has 0 bridgehead atoms. The molecule has 0 amide bonds. The van der Waals surface area contributed by atoms with Crippen molar-refractivity contribution in [3.63, 3.8) is 0 Å². The molecule has 0 aliphatic heterocycles. The molecule has 112 valence electrons. The first kappa shape index (κ1) is 15.8. The van der Waals surface area contributed by atoms with E-state index in [9.17, 15) is 5.11 Å². The van der Waals surface area contributed by atoms with E-state index in [1.807, 2.05) is 48.5 Å². The van der Waals surface area contributed by atoms with E-state index in [2.05, 4.69) is 5.32 Å². The van der Waals surface area contributed by atoms with Gasteiger partial charge in [-0.15, -0.1) is 0 Å². The first-order chi connectivity index (χ1) is 10.1. The van der Waals surface area contributed by atoms with Crippen molar-refractivity contribution in [2.45, 2.75) is 26.2 Å². The van der Waals surface area contributed by atoms with Gasteiger partial charge in [0.2, 0.25) is 0 Å². The molecule has 0 saturated carbocycles. The Bertz CT molecular complexity index is 538. The van der Waals surface area contributed by atoms with E-state index >= 15 is 0 Å². The van der Waals surface area contributed by atoms with Crippen LogP contribution in [0.3, 0.4) is 0 Å². The van der Waals surface area contributed by atoms with Gasteiger partial charge in [-0.2, -0.15) is 0 Å². The molecule has 0 aromatic heterocycles. The Labute approximate surface area is 130 Å². The van der Waals surface area contributed by atoms with Gasteiger partial charge in [-0.1, -0.05) is 35.9 Å². The van der Waals surface area contributed by atoms with Gasteiger partial charge in [0.1, 0.15) is 12.4 Å². The highest BCUT2D eigenvalue weighted by atomic mass is 35.5. The molecule has 4 heteroatoms. The number of benzene rings is 2. The van der Waals surface area contributed by atoms with Crippen molar-refractivity contribution in [1.29, 1.82) is 0 Å². The van der Waals surface area contributed by atoms with E-state index in [4.69, 9.17) is 16.3 Å². The maximum atomic E-state index is 9.18. The third-order valence-electron chi connectivity index (χ3n) is 3.01. The molecule has 0 spiro atoms. The predicted molar refractivity (Wildman–Crippen MR) is 85.6 cm³/mol. The molecule has 1 atom stereocenters. The SMILES string of the molecule is C[C@@H](O)CNCc1ccc(OCc2ccc(Cl)cc2)cc1. The lowest BCUT2D eigenvalue weighted by Crippen LogP contribution is -2.23. The largest absolute Gasteiger partial charge is 0.489 e. The molecule has 2 N–H and O–H groups in total. The molecule has 2 aromatic rings. The van der Waals surface area contributed by atoms with Gasteiger partial charge in [-0.3, -0.25) is 0 Å². The summed E-state index contributed by atoms with van der Waals surface area (Å²) in [6, 6.07) is 15.6. The van der Waals surface area contributed by atoms with E-state index in [-0.39, 0.29) is 6.10 Å². The van der Waals surface area contributed by atoms with Crippen molar-refractivity contribution in [1.82, 2.24) is 5.32 Å². The molecule has 0 heterocycles. The second kappa shape index (κ2) is 8.03. The number of aliphatic hydroxyl groups excluding tert-OH is 1. The summed E-state index contributed by atoms with van der Waals surface area (Å²) < 4.78 is 5.73. The van der Waals surface area contributed by atoms with E-state index < -0.39 is 0 Å². The Hall–Kier alpha value is -1.55. The predicted octanol–water partition coefficient (Wildman–Crippen LogP) is 3.39. The summed E-state index contributed by atoms with van der Waals surface area (Å²) in [5.41, 5.74) is 2.25. The number of ether oxygens (including phenoxy) is 1. The van der Waals surface area contributed by atoms with Gasteiger partial charge in [0, 0.05) is 18.1 Å². The fourth-order valence-corrected chi connectivity index (χ4v) is 2.00. The van der Waals surface area contributed by atoms with E-state index in [1.54, 1.807) is 6.92 Å². The number of halogens is 1. The van der Waals surface area contributed by atoms with E-state index in [1.165, 1.54) is 0 Å². The fraction of sp³-hybridized carbons (Fsp3) is 0.294. The summed E-state index contributed by atoms with van der Waals surface area (Å²) in [4.78, 5) is 0. The molecule has 0 fully saturated rings. The van der Waals surface area contributed by atoms with Crippen LogP contribution in [0.25, 0.3) is 0 Å². The van der Waals surface area contributed by atoms with Crippen LogP contribution < -0.4 is 10.1 Å². The van der Waals surface area contributed by atoms with Crippen LogP contribution in [0.5, 0.6) is 5.75 Å². The molecule has 2 aromatic carbocycles. The molecule has 0 saturated heterocycles. The summed E-state index contributed by atoms with van der Waals surface area (Å²) in [6.07, 6.45) is -0.327. The second-order valence-corrected chi connectivity index (χ2v) is 5.48. The lowest BCUT2D eigenvalue weighted by atomic mass is 10.2. The van der Waals surface area contributed by atoms with Gasteiger partial charge in [-0.25, -0.2) is 0 Å². The van der Waals surface area contributed by atoms with Crippen LogP contribution in [0, 0.1) is 0 Å². The minimum atomic E-state index is -0.327. The van der Waals surface area contributed by atoms with E-state index in [0.29, 0.717) is 13.2 Å². The number of hydrogen-bond donors (Lipinski definition) is 2. The number of nitrogens with one attached hydrogen (secondary N) is 1. The first-order valence-electron chi connectivity index (χ1n) is 6.98. The zero-order chi connectivity index (χ0) is 15.1. The molecular weight excluding hydrogens is 286 g/mol. The molecule has 3 nitrogen and oxygen atoms in total. The Morgan fingerprint density at radius 3 is 2.29 bits per heavy atom. The first-order valence-corrected chi connectivity index (χ1v) is 7.36. The van der Waals surface area contributed by atoms with Crippen LogP contribution in [0.2, 0.25) is 5.02 Å². The number of rotatable bonds is 7. The van der Waals surface area contributed by atoms with Crippen LogP contribution in [-0.4, -0.2) is 17.8 Å². The van der Waals surface area contributed by atoms with Crippen LogP contribution in [-0.2, 0) is 13.2 Å². The molecule has 0 radical (unpaired) electrons. The fourth-order valence-electron chi connectivity index (χ4n) is 1.88. The topological polar surface area (TPSA) is 41.5 Å². The third kappa shape index (κ3) is 5.76. The summed E-state index contributed by atoms with van der Waals surface area (Å²) in [7, 11) is 0. The lowest BCUT2D eigenvalue weighted by molar-refractivity contribution is 0.191. The normalized spacial score (nSPS) is 12.1. The average Bonchev–Trinajstić information content (AvgIpc) is 2.48. The lowest BCUT2D eigenvalue weighted by Gasteiger charge is -2.09. The highest BCUT2D eigenvalue weighted by molar-refractivity contribution is 6.30. The number of hydrogen-bond acceptors (Lipinski definition) is 3. The van der Waals surface area contributed by atoms with Gasteiger partial charge in [0.05, 0.1) is 6.10 Å². The monoisotopic (exact) mass is 305 g/mol. The van der Waals surface area contributed by atoms with Crippen molar-refractivity contribution >= 4 is 11.6 Å². The van der Waals surface area contributed by atoms with Crippen LogP contribution in [0.15, 0.2) is 48.5 Å². The van der Waals surface area contributed by atoms with Crippen molar-refractivity contribution in [3.8, 4) is 5.75 Å². The molecule has 0 aliphatic carbocycles. The van der Waals surface area contributed by atoms with Gasteiger partial charge < -0.3 is 15.2 Å². The Balaban J connectivity index is 1.80. The van der Waals surface area contributed by atoms with Crippen molar-refractivity contribution in [3.05, 3.63) is 64.7 Å². The smallest absolute Gasteiger partial charge is 0.119 e. The molecule has 0 unspecified atom stereocenters. The highest BCUT2D eigenvalue weighted by Crippen LogP contribution is 2.15. The summed E-state index contributed by atoms with van der Waals surface area (Å²) in [5, 5.41) is 13.1. The maximum absolute atomic E-state index is 9.18. The molecule has 2 rings (SSSR count). The quantitative estimate of drug-likeness (QED) is 0.824. The van der Waals surface area contributed by atoms with Crippen LogP contribution in [0.4, 0.5) is 0 Å². The minimum Gasteiger partial charge on any atom is -0.489 e. The van der Waals surface area contributed by atoms with Gasteiger partial charge in [0.15, 0.2) is 0 Å². The van der Waals surface area contributed by atoms with Crippen molar-refractivity contribution in [2.75, 3.05) is 6.54 Å². The van der Waals surface area contributed by atoms with Crippen molar-refractivity contribution in [2.24, 2.45) is 0 Å². The van der Waals surface area contributed by atoms with Crippen molar-refractivity contribution < 1.29 is 9.84 Å². The van der Waals surface area contributed by atoms with Crippen LogP contribution >= 0.6 is 11.6 Å².